The number of aliphatic hydroxyl groups is 2. The molecule has 0 bridgehead atoms. The van der Waals surface area contributed by atoms with Crippen LogP contribution in [-0.4, -0.2) is 31.9 Å². The summed E-state index contributed by atoms with van der Waals surface area (Å²) in [7, 11) is 1.68. The lowest BCUT2D eigenvalue weighted by molar-refractivity contribution is 0.0334. The molecular formula is C8H13ClN2O2S. The molecule has 0 aliphatic carbocycles. The van der Waals surface area contributed by atoms with Crippen LogP contribution in [0.4, 0.5) is 0 Å². The second kappa shape index (κ2) is 4.53. The zero-order chi connectivity index (χ0) is 10.9. The first kappa shape index (κ1) is 11.8. The minimum absolute atomic E-state index is 0.172. The maximum atomic E-state index is 9.73. The van der Waals surface area contributed by atoms with E-state index in [1.165, 1.54) is 4.68 Å². The molecule has 1 aromatic heterocycles. The highest BCUT2D eigenvalue weighted by molar-refractivity contribution is 7.80. The van der Waals surface area contributed by atoms with Crippen LogP contribution in [0.1, 0.15) is 17.4 Å². The Morgan fingerprint density at radius 2 is 2.14 bits per heavy atom. The van der Waals surface area contributed by atoms with Gasteiger partial charge in [0.1, 0.15) is 11.3 Å². The quantitative estimate of drug-likeness (QED) is 0.678. The van der Waals surface area contributed by atoms with Crippen molar-refractivity contribution in [3.8, 4) is 0 Å². The zero-order valence-corrected chi connectivity index (χ0v) is 9.63. The van der Waals surface area contributed by atoms with Gasteiger partial charge < -0.3 is 10.2 Å². The molecule has 0 aliphatic rings. The van der Waals surface area contributed by atoms with E-state index in [4.69, 9.17) is 11.6 Å². The van der Waals surface area contributed by atoms with Crippen LogP contribution in [0.3, 0.4) is 0 Å². The van der Waals surface area contributed by atoms with Crippen molar-refractivity contribution in [3.63, 3.8) is 0 Å². The molecule has 0 radical (unpaired) electrons. The van der Waals surface area contributed by atoms with E-state index in [0.717, 1.165) is 0 Å². The molecule has 1 rings (SSSR count). The van der Waals surface area contributed by atoms with Crippen LogP contribution >= 0.6 is 24.2 Å². The Morgan fingerprint density at radius 1 is 1.57 bits per heavy atom. The number of aromatic nitrogens is 2. The SMILES string of the molecule is Cc1nn(C)c(Cl)c1C(O)C(O)CS. The van der Waals surface area contributed by atoms with Gasteiger partial charge >= 0.3 is 0 Å². The molecule has 2 unspecified atom stereocenters. The molecule has 0 spiro atoms. The summed E-state index contributed by atoms with van der Waals surface area (Å²) in [6.45, 7) is 1.73. The Hall–Kier alpha value is -0.230. The lowest BCUT2D eigenvalue weighted by Gasteiger charge is -2.15. The Morgan fingerprint density at radius 3 is 2.50 bits per heavy atom. The van der Waals surface area contributed by atoms with Crippen molar-refractivity contribution < 1.29 is 10.2 Å². The molecule has 4 nitrogen and oxygen atoms in total. The van der Waals surface area contributed by atoms with Crippen LogP contribution in [-0.2, 0) is 7.05 Å². The predicted octanol–water partition coefficient (Wildman–Crippen LogP) is 0.706. The summed E-state index contributed by atoms with van der Waals surface area (Å²) in [5.74, 6) is 0.172. The Balaban J connectivity index is 3.05. The number of hydrogen-bond acceptors (Lipinski definition) is 4. The van der Waals surface area contributed by atoms with Crippen molar-refractivity contribution in [1.82, 2.24) is 9.78 Å². The van der Waals surface area contributed by atoms with Crippen LogP contribution in [0, 0.1) is 6.92 Å². The molecule has 6 heteroatoms. The van der Waals surface area contributed by atoms with Gasteiger partial charge in [-0.1, -0.05) is 11.6 Å². The molecule has 2 N–H and O–H groups in total. The first-order valence-electron chi connectivity index (χ1n) is 4.15. The van der Waals surface area contributed by atoms with Gasteiger partial charge in [0.15, 0.2) is 0 Å². The molecule has 1 aromatic rings. The van der Waals surface area contributed by atoms with E-state index in [-0.39, 0.29) is 5.75 Å². The van der Waals surface area contributed by atoms with Crippen LogP contribution in [0.15, 0.2) is 0 Å². The summed E-state index contributed by atoms with van der Waals surface area (Å²) < 4.78 is 1.46. The van der Waals surface area contributed by atoms with Crippen molar-refractivity contribution in [2.45, 2.75) is 19.1 Å². The molecule has 0 aliphatic heterocycles. The summed E-state index contributed by atoms with van der Waals surface area (Å²) in [6.07, 6.45) is -1.97. The van der Waals surface area contributed by atoms with Gasteiger partial charge in [-0.2, -0.15) is 17.7 Å². The molecular weight excluding hydrogens is 224 g/mol. The largest absolute Gasteiger partial charge is 0.389 e. The molecule has 1 heterocycles. The molecule has 0 saturated carbocycles. The highest BCUT2D eigenvalue weighted by Crippen LogP contribution is 2.28. The summed E-state index contributed by atoms with van der Waals surface area (Å²) in [6, 6.07) is 0. The lowest BCUT2D eigenvalue weighted by Crippen LogP contribution is -2.20. The van der Waals surface area contributed by atoms with Crippen molar-refractivity contribution in [2.75, 3.05) is 5.75 Å². The number of aryl methyl sites for hydroxylation is 2. The lowest BCUT2D eigenvalue weighted by atomic mass is 10.1. The number of halogens is 1. The minimum atomic E-state index is -1.03. The normalized spacial score (nSPS) is 15.6. The van der Waals surface area contributed by atoms with Crippen LogP contribution in [0.2, 0.25) is 5.15 Å². The molecule has 14 heavy (non-hydrogen) atoms. The maximum Gasteiger partial charge on any atom is 0.132 e. The van der Waals surface area contributed by atoms with Crippen molar-refractivity contribution in [1.29, 1.82) is 0 Å². The Kier molecular flexibility index (Phi) is 3.83. The molecule has 2 atom stereocenters. The van der Waals surface area contributed by atoms with Crippen LogP contribution < -0.4 is 0 Å². The highest BCUT2D eigenvalue weighted by atomic mass is 35.5. The van der Waals surface area contributed by atoms with E-state index in [9.17, 15) is 10.2 Å². The third-order valence-electron chi connectivity index (χ3n) is 2.04. The average molecular weight is 237 g/mol. The minimum Gasteiger partial charge on any atom is -0.389 e. The standard InChI is InChI=1S/C8H13ClN2O2S/c1-4-6(7(13)5(12)3-14)8(9)11(2)10-4/h5,7,12-14H,3H2,1-2H3. The zero-order valence-electron chi connectivity index (χ0n) is 7.98. The van der Waals surface area contributed by atoms with Crippen molar-refractivity contribution in [2.24, 2.45) is 7.05 Å². The number of thiol groups is 1. The number of aliphatic hydroxyl groups excluding tert-OH is 2. The molecule has 0 saturated heterocycles. The topological polar surface area (TPSA) is 58.3 Å². The number of rotatable bonds is 3. The van der Waals surface area contributed by atoms with Gasteiger partial charge in [-0.15, -0.1) is 0 Å². The Labute approximate surface area is 92.9 Å². The molecule has 0 aromatic carbocycles. The summed E-state index contributed by atoms with van der Waals surface area (Å²) in [5.41, 5.74) is 1.08. The van der Waals surface area contributed by atoms with Gasteiger partial charge in [0.2, 0.25) is 0 Å². The maximum absolute atomic E-state index is 9.73. The van der Waals surface area contributed by atoms with Crippen molar-refractivity contribution in [3.05, 3.63) is 16.4 Å². The van der Waals surface area contributed by atoms with Gasteiger partial charge in [-0.05, 0) is 6.92 Å². The number of nitrogens with zero attached hydrogens (tertiary/aromatic N) is 2. The smallest absolute Gasteiger partial charge is 0.132 e. The first-order valence-corrected chi connectivity index (χ1v) is 5.16. The third kappa shape index (κ3) is 2.06. The fourth-order valence-corrected chi connectivity index (χ4v) is 1.76. The van der Waals surface area contributed by atoms with E-state index < -0.39 is 12.2 Å². The van der Waals surface area contributed by atoms with E-state index >= 15 is 0 Å². The first-order chi connectivity index (χ1) is 6.49. The molecule has 80 valence electrons. The summed E-state index contributed by atoms with van der Waals surface area (Å²) in [5, 5.41) is 23.5. The van der Waals surface area contributed by atoms with E-state index in [1.54, 1.807) is 14.0 Å². The second-order valence-corrected chi connectivity index (χ2v) is 3.83. The van der Waals surface area contributed by atoms with Gasteiger partial charge in [-0.3, -0.25) is 4.68 Å². The van der Waals surface area contributed by atoms with Crippen molar-refractivity contribution >= 4 is 24.2 Å². The number of hydrogen-bond donors (Lipinski definition) is 3. The van der Waals surface area contributed by atoms with E-state index in [1.807, 2.05) is 0 Å². The van der Waals surface area contributed by atoms with Crippen LogP contribution in [0.5, 0.6) is 0 Å². The Bertz CT molecular complexity index is 329. The highest BCUT2D eigenvalue weighted by Gasteiger charge is 2.24. The third-order valence-corrected chi connectivity index (χ3v) is 2.87. The molecule has 0 amide bonds. The fraction of sp³-hybridized carbons (Fsp3) is 0.625. The summed E-state index contributed by atoms with van der Waals surface area (Å²) in [4.78, 5) is 0. The average Bonchev–Trinajstić information content (AvgIpc) is 2.39. The monoisotopic (exact) mass is 236 g/mol. The van der Waals surface area contributed by atoms with Gasteiger partial charge in [0.05, 0.1) is 11.8 Å². The molecule has 0 fully saturated rings. The van der Waals surface area contributed by atoms with Crippen LogP contribution in [0.25, 0.3) is 0 Å². The second-order valence-electron chi connectivity index (χ2n) is 3.11. The van der Waals surface area contributed by atoms with Gasteiger partial charge in [0.25, 0.3) is 0 Å². The van der Waals surface area contributed by atoms with Gasteiger partial charge in [0, 0.05) is 18.4 Å². The summed E-state index contributed by atoms with van der Waals surface area (Å²) >= 11 is 9.81. The van der Waals surface area contributed by atoms with E-state index in [2.05, 4.69) is 17.7 Å². The van der Waals surface area contributed by atoms with E-state index in [0.29, 0.717) is 16.4 Å². The fourth-order valence-electron chi connectivity index (χ4n) is 1.27. The predicted molar refractivity (Wildman–Crippen MR) is 57.8 cm³/mol. The van der Waals surface area contributed by atoms with Gasteiger partial charge in [-0.25, -0.2) is 0 Å².